The number of thioether (sulfide) groups is 1. The second-order valence-corrected chi connectivity index (χ2v) is 8.05. The first-order valence-corrected chi connectivity index (χ1v) is 10.9. The number of carbonyl (C=O) groups is 1. The predicted octanol–water partition coefficient (Wildman–Crippen LogP) is 5.60. The summed E-state index contributed by atoms with van der Waals surface area (Å²) in [4.78, 5) is 17.2. The maximum absolute atomic E-state index is 12.4. The fourth-order valence-electron chi connectivity index (χ4n) is 2.97. The molecule has 0 radical (unpaired) electrons. The van der Waals surface area contributed by atoms with Crippen molar-refractivity contribution in [3.05, 3.63) is 102 Å². The van der Waals surface area contributed by atoms with Gasteiger partial charge < -0.3 is 5.32 Å². The molecule has 0 unspecified atom stereocenters. The summed E-state index contributed by atoms with van der Waals surface area (Å²) in [6.07, 6.45) is 2.01. The number of hydrogen-bond donors (Lipinski definition) is 1. The Bertz CT molecular complexity index is 1110. The van der Waals surface area contributed by atoms with Gasteiger partial charge >= 0.3 is 0 Å². The van der Waals surface area contributed by atoms with Crippen LogP contribution in [0.4, 0.5) is 0 Å². The van der Waals surface area contributed by atoms with Crippen molar-refractivity contribution >= 4 is 29.3 Å². The quantitative estimate of drug-likeness (QED) is 0.386. The fraction of sp³-hybridized carbons (Fsp3) is 0.0833. The lowest BCUT2D eigenvalue weighted by Crippen LogP contribution is -2.24. The second-order valence-electron chi connectivity index (χ2n) is 6.67. The molecule has 0 aliphatic rings. The number of carbonyl (C=O) groups excluding carboxylic acids is 1. The molecular weight excluding hydrogens is 414 g/mol. The van der Waals surface area contributed by atoms with Crippen LogP contribution in [0.25, 0.3) is 16.9 Å². The molecule has 1 amide bonds. The molecule has 0 spiro atoms. The van der Waals surface area contributed by atoms with Crippen molar-refractivity contribution in [2.45, 2.75) is 11.7 Å². The summed E-state index contributed by atoms with van der Waals surface area (Å²) in [5.74, 6) is 0.241. The molecule has 1 N–H and O–H groups in total. The van der Waals surface area contributed by atoms with Crippen LogP contribution in [0.3, 0.4) is 0 Å². The van der Waals surface area contributed by atoms with Gasteiger partial charge in [-0.25, -0.2) is 4.98 Å². The highest BCUT2D eigenvalue weighted by Gasteiger charge is 2.13. The van der Waals surface area contributed by atoms with E-state index in [1.165, 1.54) is 11.8 Å². The minimum Gasteiger partial charge on any atom is -0.351 e. The molecule has 1 heterocycles. The summed E-state index contributed by atoms with van der Waals surface area (Å²) in [7, 11) is 0. The number of benzene rings is 3. The third-order valence-corrected chi connectivity index (χ3v) is 5.72. The van der Waals surface area contributed by atoms with Gasteiger partial charge in [-0.3, -0.25) is 9.36 Å². The molecule has 1 aromatic heterocycles. The summed E-state index contributed by atoms with van der Waals surface area (Å²) in [6.45, 7) is 0.471. The molecule has 0 aliphatic carbocycles. The van der Waals surface area contributed by atoms with Crippen LogP contribution in [0.1, 0.15) is 5.56 Å². The third kappa shape index (κ3) is 5.12. The Morgan fingerprint density at radius 3 is 2.30 bits per heavy atom. The molecule has 30 heavy (non-hydrogen) atoms. The number of halogens is 1. The van der Waals surface area contributed by atoms with Gasteiger partial charge in [-0.15, -0.1) is 0 Å². The van der Waals surface area contributed by atoms with Crippen molar-refractivity contribution in [3.63, 3.8) is 0 Å². The Morgan fingerprint density at radius 2 is 1.60 bits per heavy atom. The number of aromatic nitrogens is 2. The molecule has 150 valence electrons. The van der Waals surface area contributed by atoms with E-state index in [0.29, 0.717) is 11.6 Å². The van der Waals surface area contributed by atoms with Crippen molar-refractivity contribution in [3.8, 4) is 16.9 Å². The van der Waals surface area contributed by atoms with Crippen LogP contribution >= 0.6 is 23.4 Å². The molecule has 4 nitrogen and oxygen atoms in total. The Labute approximate surface area is 184 Å². The van der Waals surface area contributed by atoms with E-state index in [0.717, 1.165) is 27.7 Å². The molecule has 6 heteroatoms. The first-order valence-electron chi connectivity index (χ1n) is 9.53. The average molecular weight is 434 g/mol. The Hall–Kier alpha value is -3.02. The van der Waals surface area contributed by atoms with E-state index in [1.807, 2.05) is 95.7 Å². The standard InChI is InChI=1S/C24H20ClN3OS/c25-20-13-11-18(12-14-20)15-26-23(29)17-30-24-27-22(19-7-3-1-4-8-19)16-28(24)21-9-5-2-6-10-21/h1-14,16H,15,17H2,(H,26,29). The first-order chi connectivity index (χ1) is 14.7. The molecule has 0 saturated carbocycles. The highest BCUT2D eigenvalue weighted by molar-refractivity contribution is 7.99. The molecule has 0 bridgehead atoms. The number of nitrogens with zero attached hydrogens (tertiary/aromatic N) is 2. The van der Waals surface area contributed by atoms with Gasteiger partial charge in [0.15, 0.2) is 5.16 Å². The molecule has 3 aromatic carbocycles. The van der Waals surface area contributed by atoms with Crippen LogP contribution in [0.15, 0.2) is 96.3 Å². The summed E-state index contributed by atoms with van der Waals surface area (Å²) in [6, 6.07) is 27.5. The SMILES string of the molecule is O=C(CSc1nc(-c2ccccc2)cn1-c1ccccc1)NCc1ccc(Cl)cc1. The lowest BCUT2D eigenvalue weighted by Gasteiger charge is -2.08. The summed E-state index contributed by atoms with van der Waals surface area (Å²) in [5.41, 5.74) is 3.94. The normalized spacial score (nSPS) is 10.7. The van der Waals surface area contributed by atoms with E-state index in [-0.39, 0.29) is 11.7 Å². The number of amides is 1. The average Bonchev–Trinajstić information content (AvgIpc) is 3.23. The number of imidazole rings is 1. The molecule has 0 atom stereocenters. The summed E-state index contributed by atoms with van der Waals surface area (Å²) >= 11 is 7.33. The van der Waals surface area contributed by atoms with Gasteiger partial charge in [0.05, 0.1) is 11.4 Å². The molecule has 0 fully saturated rings. The van der Waals surface area contributed by atoms with Crippen molar-refractivity contribution in [1.82, 2.24) is 14.9 Å². The van der Waals surface area contributed by atoms with Gasteiger partial charge in [-0.05, 0) is 29.8 Å². The lowest BCUT2D eigenvalue weighted by molar-refractivity contribution is -0.118. The second kappa shape index (κ2) is 9.65. The van der Waals surface area contributed by atoms with Crippen molar-refractivity contribution in [2.24, 2.45) is 0 Å². The molecule has 4 aromatic rings. The Balaban J connectivity index is 1.47. The van der Waals surface area contributed by atoms with Crippen molar-refractivity contribution in [1.29, 1.82) is 0 Å². The monoisotopic (exact) mass is 433 g/mol. The zero-order valence-corrected chi connectivity index (χ0v) is 17.7. The topological polar surface area (TPSA) is 46.9 Å². The molecule has 0 saturated heterocycles. The maximum Gasteiger partial charge on any atom is 0.230 e. The van der Waals surface area contributed by atoms with Crippen LogP contribution in [0.2, 0.25) is 5.02 Å². The predicted molar refractivity (Wildman–Crippen MR) is 123 cm³/mol. The maximum atomic E-state index is 12.4. The number of rotatable bonds is 7. The van der Waals surface area contributed by atoms with Gasteiger partial charge in [-0.1, -0.05) is 84.0 Å². The summed E-state index contributed by atoms with van der Waals surface area (Å²) < 4.78 is 2.03. The highest BCUT2D eigenvalue weighted by atomic mass is 35.5. The van der Waals surface area contributed by atoms with E-state index in [4.69, 9.17) is 16.6 Å². The van der Waals surface area contributed by atoms with E-state index >= 15 is 0 Å². The highest BCUT2D eigenvalue weighted by Crippen LogP contribution is 2.27. The largest absolute Gasteiger partial charge is 0.351 e. The van der Waals surface area contributed by atoms with Gasteiger partial charge in [0.25, 0.3) is 0 Å². The van der Waals surface area contributed by atoms with Gasteiger partial charge in [0, 0.05) is 29.0 Å². The first kappa shape index (κ1) is 20.3. The van der Waals surface area contributed by atoms with Crippen molar-refractivity contribution < 1.29 is 4.79 Å². The van der Waals surface area contributed by atoms with Crippen LogP contribution in [-0.4, -0.2) is 21.2 Å². The zero-order valence-electron chi connectivity index (χ0n) is 16.2. The van der Waals surface area contributed by atoms with E-state index in [2.05, 4.69) is 5.32 Å². The smallest absolute Gasteiger partial charge is 0.230 e. The van der Waals surface area contributed by atoms with Crippen LogP contribution in [0.5, 0.6) is 0 Å². The molecule has 0 aliphatic heterocycles. The third-order valence-electron chi connectivity index (χ3n) is 4.51. The minimum atomic E-state index is -0.0428. The van der Waals surface area contributed by atoms with Gasteiger partial charge in [0.2, 0.25) is 5.91 Å². The molecular formula is C24H20ClN3OS. The van der Waals surface area contributed by atoms with Crippen LogP contribution in [-0.2, 0) is 11.3 Å². The zero-order chi connectivity index (χ0) is 20.8. The van der Waals surface area contributed by atoms with Crippen molar-refractivity contribution in [2.75, 3.05) is 5.75 Å². The van der Waals surface area contributed by atoms with Gasteiger partial charge in [-0.2, -0.15) is 0 Å². The molecule has 4 rings (SSSR count). The van der Waals surface area contributed by atoms with E-state index < -0.39 is 0 Å². The van der Waals surface area contributed by atoms with E-state index in [1.54, 1.807) is 0 Å². The number of para-hydroxylation sites is 1. The van der Waals surface area contributed by atoms with E-state index in [9.17, 15) is 4.79 Å². The van der Waals surface area contributed by atoms with Crippen LogP contribution in [0, 0.1) is 0 Å². The summed E-state index contributed by atoms with van der Waals surface area (Å²) in [5, 5.41) is 4.41. The number of nitrogens with one attached hydrogen (secondary N) is 1. The van der Waals surface area contributed by atoms with Gasteiger partial charge in [0.1, 0.15) is 0 Å². The van der Waals surface area contributed by atoms with Crippen LogP contribution < -0.4 is 5.32 Å². The fourth-order valence-corrected chi connectivity index (χ4v) is 3.92. The number of hydrogen-bond acceptors (Lipinski definition) is 3. The Morgan fingerprint density at radius 1 is 0.933 bits per heavy atom. The Kier molecular flexibility index (Phi) is 6.52. The minimum absolute atomic E-state index is 0.0428. The lowest BCUT2D eigenvalue weighted by atomic mass is 10.2.